The van der Waals surface area contributed by atoms with Crippen molar-refractivity contribution in [2.45, 2.75) is 26.7 Å². The van der Waals surface area contributed by atoms with Crippen LogP contribution in [0.5, 0.6) is 11.5 Å². The first kappa shape index (κ1) is 16.7. The van der Waals surface area contributed by atoms with Gasteiger partial charge in [-0.15, -0.1) is 0 Å². The molecule has 0 atom stereocenters. The van der Waals surface area contributed by atoms with Gasteiger partial charge >= 0.3 is 0 Å². The highest BCUT2D eigenvalue weighted by atomic mass is 16.5. The molecule has 6 nitrogen and oxygen atoms in total. The van der Waals surface area contributed by atoms with E-state index in [2.05, 4.69) is 53.9 Å². The van der Waals surface area contributed by atoms with Crippen molar-refractivity contribution < 1.29 is 4.74 Å². The predicted octanol–water partition coefficient (Wildman–Crippen LogP) is 3.93. The van der Waals surface area contributed by atoms with E-state index in [-0.39, 0.29) is 11.9 Å². The van der Waals surface area contributed by atoms with Gasteiger partial charge in [0.2, 0.25) is 11.9 Å². The lowest BCUT2D eigenvalue weighted by molar-refractivity contribution is 0.473. The van der Waals surface area contributed by atoms with Crippen LogP contribution in [0.25, 0.3) is 11.4 Å². The van der Waals surface area contributed by atoms with Crippen molar-refractivity contribution in [1.29, 1.82) is 0 Å². The summed E-state index contributed by atoms with van der Waals surface area (Å²) in [5, 5.41) is 0. The van der Waals surface area contributed by atoms with Gasteiger partial charge in [0.15, 0.2) is 5.82 Å². The van der Waals surface area contributed by atoms with Crippen LogP contribution in [-0.4, -0.2) is 15.0 Å². The molecule has 0 radical (unpaired) electrons. The zero-order valence-corrected chi connectivity index (χ0v) is 14.5. The van der Waals surface area contributed by atoms with Crippen molar-refractivity contribution in [2.24, 2.45) is 0 Å². The molecule has 3 aromatic rings. The number of anilines is 2. The summed E-state index contributed by atoms with van der Waals surface area (Å²) in [7, 11) is 0. The number of aromatic nitrogens is 3. The van der Waals surface area contributed by atoms with Crippen LogP contribution < -0.4 is 16.2 Å². The number of ether oxygens (including phenoxy) is 1. The molecule has 6 heteroatoms. The Morgan fingerprint density at radius 2 is 1.52 bits per heavy atom. The molecule has 0 unspecified atom stereocenters. The fraction of sp³-hybridized carbons (Fsp3) is 0.211. The van der Waals surface area contributed by atoms with E-state index in [0.29, 0.717) is 11.7 Å². The van der Waals surface area contributed by atoms with E-state index < -0.39 is 0 Å². The lowest BCUT2D eigenvalue weighted by atomic mass is 10.0. The molecule has 0 aliphatic heterocycles. The second-order valence-corrected chi connectivity index (χ2v) is 6.20. The molecule has 128 valence electrons. The average molecular weight is 335 g/mol. The monoisotopic (exact) mass is 335 g/mol. The lowest BCUT2D eigenvalue weighted by Crippen LogP contribution is -2.04. The summed E-state index contributed by atoms with van der Waals surface area (Å²) in [4.78, 5) is 12.0. The number of hydrogen-bond acceptors (Lipinski definition) is 6. The highest BCUT2D eigenvalue weighted by molar-refractivity contribution is 5.58. The van der Waals surface area contributed by atoms with Crippen LogP contribution >= 0.6 is 0 Å². The van der Waals surface area contributed by atoms with Gasteiger partial charge in [0.25, 0.3) is 0 Å². The topological polar surface area (TPSA) is 99.9 Å². The SMILES string of the molecule is Cc1ccc(C(C)C)c(Oc2ccc(-c3nc(N)nc(N)n3)cc2)c1. The maximum Gasteiger partial charge on any atom is 0.225 e. The molecule has 0 aliphatic rings. The second kappa shape index (κ2) is 6.76. The van der Waals surface area contributed by atoms with Crippen LogP contribution in [0, 0.1) is 6.92 Å². The number of nitrogens with two attached hydrogens (primary N) is 2. The summed E-state index contributed by atoms with van der Waals surface area (Å²) < 4.78 is 6.09. The molecule has 1 heterocycles. The third-order valence-corrected chi connectivity index (χ3v) is 3.80. The zero-order valence-electron chi connectivity index (χ0n) is 14.5. The predicted molar refractivity (Wildman–Crippen MR) is 99.4 cm³/mol. The largest absolute Gasteiger partial charge is 0.457 e. The molecule has 25 heavy (non-hydrogen) atoms. The zero-order chi connectivity index (χ0) is 18.0. The van der Waals surface area contributed by atoms with Gasteiger partial charge in [-0.2, -0.15) is 15.0 Å². The van der Waals surface area contributed by atoms with Gasteiger partial charge in [0.1, 0.15) is 11.5 Å². The molecule has 0 saturated carbocycles. The fourth-order valence-corrected chi connectivity index (χ4v) is 2.54. The molecule has 0 saturated heterocycles. The molecule has 3 rings (SSSR count). The van der Waals surface area contributed by atoms with Crippen molar-refractivity contribution in [3.8, 4) is 22.9 Å². The maximum atomic E-state index is 6.09. The van der Waals surface area contributed by atoms with Gasteiger partial charge in [0, 0.05) is 5.56 Å². The summed E-state index contributed by atoms with van der Waals surface area (Å²) in [5.41, 5.74) is 14.4. The molecular weight excluding hydrogens is 314 g/mol. The van der Waals surface area contributed by atoms with Crippen LogP contribution in [0.15, 0.2) is 42.5 Å². The van der Waals surface area contributed by atoms with E-state index in [0.717, 1.165) is 22.6 Å². The molecule has 0 fully saturated rings. The van der Waals surface area contributed by atoms with E-state index in [9.17, 15) is 0 Å². The van der Waals surface area contributed by atoms with Gasteiger partial charge < -0.3 is 16.2 Å². The number of aryl methyl sites for hydroxylation is 1. The minimum atomic E-state index is 0.101. The van der Waals surface area contributed by atoms with E-state index in [1.165, 1.54) is 5.56 Å². The number of nitrogen functional groups attached to an aromatic ring is 2. The standard InChI is InChI=1S/C19H21N5O/c1-11(2)15-9-4-12(3)10-16(15)25-14-7-5-13(6-8-14)17-22-18(20)24-19(21)23-17/h4-11H,1-3H3,(H4,20,21,22,23,24). The van der Waals surface area contributed by atoms with Gasteiger partial charge in [-0.25, -0.2) is 0 Å². The van der Waals surface area contributed by atoms with E-state index >= 15 is 0 Å². The molecular formula is C19H21N5O. The Bertz CT molecular complexity index is 871. The second-order valence-electron chi connectivity index (χ2n) is 6.20. The summed E-state index contributed by atoms with van der Waals surface area (Å²) in [6.07, 6.45) is 0. The first-order valence-corrected chi connectivity index (χ1v) is 8.08. The summed E-state index contributed by atoms with van der Waals surface area (Å²) in [6.45, 7) is 6.35. The smallest absolute Gasteiger partial charge is 0.225 e. The van der Waals surface area contributed by atoms with Gasteiger partial charge in [-0.1, -0.05) is 26.0 Å². The molecule has 2 aromatic carbocycles. The Morgan fingerprint density at radius 1 is 0.880 bits per heavy atom. The fourth-order valence-electron chi connectivity index (χ4n) is 2.54. The van der Waals surface area contributed by atoms with Crippen LogP contribution in [0.4, 0.5) is 11.9 Å². The van der Waals surface area contributed by atoms with Gasteiger partial charge in [-0.3, -0.25) is 0 Å². The normalized spacial score (nSPS) is 10.9. The average Bonchev–Trinajstić information content (AvgIpc) is 2.54. The number of rotatable bonds is 4. The molecule has 4 N–H and O–H groups in total. The van der Waals surface area contributed by atoms with Crippen LogP contribution in [0.3, 0.4) is 0 Å². The van der Waals surface area contributed by atoms with Crippen molar-refractivity contribution in [2.75, 3.05) is 11.5 Å². The van der Waals surface area contributed by atoms with E-state index in [1.54, 1.807) is 0 Å². The maximum absolute atomic E-state index is 6.09. The summed E-state index contributed by atoms with van der Waals surface area (Å²) >= 11 is 0. The van der Waals surface area contributed by atoms with E-state index in [1.807, 2.05) is 24.3 Å². The van der Waals surface area contributed by atoms with Crippen LogP contribution in [0.2, 0.25) is 0 Å². The Hall–Kier alpha value is -3.15. The summed E-state index contributed by atoms with van der Waals surface area (Å²) in [6, 6.07) is 13.7. The molecule has 0 spiro atoms. The van der Waals surface area contributed by atoms with Gasteiger partial charge in [-0.05, 0) is 54.3 Å². The highest BCUT2D eigenvalue weighted by Gasteiger charge is 2.10. The van der Waals surface area contributed by atoms with Crippen molar-refractivity contribution in [3.05, 3.63) is 53.6 Å². The van der Waals surface area contributed by atoms with Gasteiger partial charge in [0.05, 0.1) is 0 Å². The van der Waals surface area contributed by atoms with Crippen molar-refractivity contribution >= 4 is 11.9 Å². The third kappa shape index (κ3) is 3.85. The first-order valence-electron chi connectivity index (χ1n) is 8.08. The summed E-state index contributed by atoms with van der Waals surface area (Å²) in [5.74, 6) is 2.64. The minimum absolute atomic E-state index is 0.101. The van der Waals surface area contributed by atoms with E-state index in [4.69, 9.17) is 16.2 Å². The highest BCUT2D eigenvalue weighted by Crippen LogP contribution is 2.32. The Labute approximate surface area is 146 Å². The first-order chi connectivity index (χ1) is 11.9. The number of nitrogens with zero attached hydrogens (tertiary/aromatic N) is 3. The minimum Gasteiger partial charge on any atom is -0.457 e. The van der Waals surface area contributed by atoms with Crippen LogP contribution in [-0.2, 0) is 0 Å². The Balaban J connectivity index is 1.87. The molecule has 0 bridgehead atoms. The van der Waals surface area contributed by atoms with Crippen molar-refractivity contribution in [1.82, 2.24) is 15.0 Å². The quantitative estimate of drug-likeness (QED) is 0.749. The molecule has 1 aromatic heterocycles. The lowest BCUT2D eigenvalue weighted by Gasteiger charge is -2.15. The third-order valence-electron chi connectivity index (χ3n) is 3.80. The molecule has 0 aliphatic carbocycles. The number of hydrogen-bond donors (Lipinski definition) is 2. The Morgan fingerprint density at radius 3 is 2.12 bits per heavy atom. The molecule has 0 amide bonds. The Kier molecular flexibility index (Phi) is 4.52. The number of benzene rings is 2. The van der Waals surface area contributed by atoms with Crippen molar-refractivity contribution in [3.63, 3.8) is 0 Å². The van der Waals surface area contributed by atoms with Crippen LogP contribution in [0.1, 0.15) is 30.9 Å².